The van der Waals surface area contributed by atoms with E-state index in [1.807, 2.05) is 0 Å². The Morgan fingerprint density at radius 3 is 2.69 bits per heavy atom. The number of carbonyl (C=O) groups is 1. The summed E-state index contributed by atoms with van der Waals surface area (Å²) in [6, 6.07) is 1.16. The molecule has 0 aromatic carbocycles. The van der Waals surface area contributed by atoms with Crippen LogP contribution in [-0.4, -0.2) is 16.1 Å². The molecule has 88 valence electrons. The van der Waals surface area contributed by atoms with Crippen LogP contribution in [-0.2, 0) is 16.5 Å². The molecule has 0 amide bonds. The Kier molecular flexibility index (Phi) is 4.17. The van der Waals surface area contributed by atoms with E-state index in [4.69, 9.17) is 10.8 Å². The van der Waals surface area contributed by atoms with Crippen LogP contribution >= 0.6 is 15.9 Å². The highest BCUT2D eigenvalue weighted by Crippen LogP contribution is 2.28. The quantitative estimate of drug-likeness (QED) is 0.834. The average molecular weight is 295 g/mol. The molecule has 3 N–H and O–H groups in total. The van der Waals surface area contributed by atoms with E-state index in [1.165, 1.54) is 0 Å². The van der Waals surface area contributed by atoms with Crippen LogP contribution in [0.25, 0.3) is 0 Å². The highest BCUT2D eigenvalue weighted by atomic mass is 79.9. The first kappa shape index (κ1) is 12.8. The third-order valence-corrected chi connectivity index (χ3v) is 2.52. The van der Waals surface area contributed by atoms with Gasteiger partial charge < -0.3 is 10.8 Å². The number of halogens is 3. The lowest BCUT2D eigenvalue weighted by Gasteiger charge is -2.11. The number of rotatable bonds is 4. The Labute approximate surface area is 98.6 Å². The van der Waals surface area contributed by atoms with Gasteiger partial charge in [0.1, 0.15) is 5.82 Å². The zero-order valence-electron chi connectivity index (χ0n) is 8.08. The largest absolute Gasteiger partial charge is 0.481 e. The number of hydrogen-bond donors (Lipinski definition) is 2. The molecule has 0 aliphatic rings. The molecular weight excluding hydrogens is 286 g/mol. The molecule has 0 atom stereocenters. The zero-order valence-corrected chi connectivity index (χ0v) is 9.67. The number of nitrogen functional groups attached to an aromatic ring is 1. The van der Waals surface area contributed by atoms with Crippen molar-refractivity contribution >= 4 is 27.7 Å². The molecule has 0 fully saturated rings. The fourth-order valence-electron chi connectivity index (χ4n) is 1.28. The highest BCUT2D eigenvalue weighted by Gasteiger charge is 2.19. The Bertz CT molecular complexity index is 413. The number of pyridine rings is 1. The minimum absolute atomic E-state index is 0.118. The lowest BCUT2D eigenvalue weighted by Crippen LogP contribution is -2.10. The second-order valence-electron chi connectivity index (χ2n) is 3.07. The highest BCUT2D eigenvalue weighted by molar-refractivity contribution is 9.08. The molecule has 4 nitrogen and oxygen atoms in total. The molecule has 1 aromatic rings. The summed E-state index contributed by atoms with van der Waals surface area (Å²) in [5.41, 5.74) is 5.31. The standard InChI is InChI=1S/C9H9BrF2N2O2/c10-3-4-1-5(8(11)12)6(2-7(15)16)9(13)14-4/h1,8H,2-3H2,(H2,13,14)(H,15,16). The van der Waals surface area contributed by atoms with Gasteiger partial charge in [-0.1, -0.05) is 15.9 Å². The van der Waals surface area contributed by atoms with Gasteiger partial charge in [-0.15, -0.1) is 0 Å². The molecule has 0 unspecified atom stereocenters. The topological polar surface area (TPSA) is 76.2 Å². The zero-order chi connectivity index (χ0) is 12.3. The first-order chi connectivity index (χ1) is 7.45. The summed E-state index contributed by atoms with van der Waals surface area (Å²) >= 11 is 3.07. The lowest BCUT2D eigenvalue weighted by molar-refractivity contribution is -0.136. The number of aromatic nitrogens is 1. The van der Waals surface area contributed by atoms with Gasteiger partial charge in [0.2, 0.25) is 0 Å². The van der Waals surface area contributed by atoms with Crippen molar-refractivity contribution in [1.82, 2.24) is 4.98 Å². The molecule has 0 aliphatic carbocycles. The van der Waals surface area contributed by atoms with Crippen LogP contribution in [0.15, 0.2) is 6.07 Å². The van der Waals surface area contributed by atoms with Gasteiger partial charge in [-0.3, -0.25) is 4.79 Å². The van der Waals surface area contributed by atoms with Crippen molar-refractivity contribution in [1.29, 1.82) is 0 Å². The maximum absolute atomic E-state index is 12.7. The molecule has 7 heteroatoms. The summed E-state index contributed by atoms with van der Waals surface area (Å²) in [6.45, 7) is 0. The number of carboxylic acids is 1. The van der Waals surface area contributed by atoms with Crippen LogP contribution in [0.4, 0.5) is 14.6 Å². The van der Waals surface area contributed by atoms with Crippen LogP contribution in [0, 0.1) is 0 Å². The number of carboxylic acid groups (broad SMARTS) is 1. The number of nitrogens with two attached hydrogens (primary N) is 1. The third kappa shape index (κ3) is 2.88. The van der Waals surface area contributed by atoms with Gasteiger partial charge in [-0.25, -0.2) is 13.8 Å². The number of anilines is 1. The summed E-state index contributed by atoms with van der Waals surface area (Å²) < 4.78 is 25.4. The van der Waals surface area contributed by atoms with E-state index in [0.29, 0.717) is 5.69 Å². The van der Waals surface area contributed by atoms with Crippen molar-refractivity contribution < 1.29 is 18.7 Å². The maximum Gasteiger partial charge on any atom is 0.307 e. The van der Waals surface area contributed by atoms with E-state index < -0.39 is 18.8 Å². The van der Waals surface area contributed by atoms with Crippen molar-refractivity contribution in [3.8, 4) is 0 Å². The molecule has 1 aromatic heterocycles. The van der Waals surface area contributed by atoms with E-state index in [1.54, 1.807) is 0 Å². The van der Waals surface area contributed by atoms with Gasteiger partial charge in [0.25, 0.3) is 6.43 Å². The molecule has 0 aliphatic heterocycles. The van der Waals surface area contributed by atoms with E-state index in [-0.39, 0.29) is 22.3 Å². The minimum Gasteiger partial charge on any atom is -0.481 e. The van der Waals surface area contributed by atoms with Gasteiger partial charge in [-0.2, -0.15) is 0 Å². The smallest absolute Gasteiger partial charge is 0.307 e. The number of aliphatic carboxylic acids is 1. The summed E-state index contributed by atoms with van der Waals surface area (Å²) in [5.74, 6) is -1.38. The van der Waals surface area contributed by atoms with Crippen LogP contribution in [0.3, 0.4) is 0 Å². The van der Waals surface area contributed by atoms with E-state index >= 15 is 0 Å². The normalized spacial score (nSPS) is 10.8. The van der Waals surface area contributed by atoms with E-state index in [9.17, 15) is 13.6 Å². The van der Waals surface area contributed by atoms with Gasteiger partial charge in [0, 0.05) is 16.5 Å². The Hall–Kier alpha value is -1.24. The fraction of sp³-hybridized carbons (Fsp3) is 0.333. The first-order valence-corrected chi connectivity index (χ1v) is 5.42. The molecule has 1 heterocycles. The van der Waals surface area contributed by atoms with Crippen LogP contribution in [0.5, 0.6) is 0 Å². The second-order valence-corrected chi connectivity index (χ2v) is 3.63. The van der Waals surface area contributed by atoms with Crippen molar-refractivity contribution in [2.45, 2.75) is 18.2 Å². The molecule has 0 saturated carbocycles. The second kappa shape index (κ2) is 5.20. The summed E-state index contributed by atoms with van der Waals surface area (Å²) in [5, 5.41) is 8.87. The first-order valence-electron chi connectivity index (χ1n) is 4.29. The van der Waals surface area contributed by atoms with E-state index in [2.05, 4.69) is 20.9 Å². The molecule has 0 spiro atoms. The molecule has 0 radical (unpaired) electrons. The SMILES string of the molecule is Nc1nc(CBr)cc(C(F)F)c1CC(=O)O. The van der Waals surface area contributed by atoms with Gasteiger partial charge in [0.05, 0.1) is 12.1 Å². The predicted octanol–water partition coefficient (Wildman–Crippen LogP) is 2.12. The van der Waals surface area contributed by atoms with E-state index in [0.717, 1.165) is 6.07 Å². The molecule has 0 bridgehead atoms. The average Bonchev–Trinajstić information content (AvgIpc) is 2.19. The van der Waals surface area contributed by atoms with Crippen LogP contribution < -0.4 is 5.73 Å². The molecular formula is C9H9BrF2N2O2. The monoisotopic (exact) mass is 294 g/mol. The Balaban J connectivity index is 3.27. The van der Waals surface area contributed by atoms with Crippen molar-refractivity contribution in [2.24, 2.45) is 0 Å². The third-order valence-electron chi connectivity index (χ3n) is 1.94. The Morgan fingerprint density at radius 2 is 2.25 bits per heavy atom. The number of nitrogens with zero attached hydrogens (tertiary/aromatic N) is 1. The van der Waals surface area contributed by atoms with Gasteiger partial charge in [0.15, 0.2) is 0 Å². The van der Waals surface area contributed by atoms with Crippen LogP contribution in [0.2, 0.25) is 0 Å². The summed E-state index contributed by atoms with van der Waals surface area (Å²) in [4.78, 5) is 14.3. The number of hydrogen-bond acceptors (Lipinski definition) is 3. The maximum atomic E-state index is 12.7. The fourth-order valence-corrected chi connectivity index (χ4v) is 1.56. The molecule has 1 rings (SSSR count). The van der Waals surface area contributed by atoms with Crippen LogP contribution in [0.1, 0.15) is 23.2 Å². The van der Waals surface area contributed by atoms with Gasteiger partial charge >= 0.3 is 5.97 Å². The van der Waals surface area contributed by atoms with Crippen molar-refractivity contribution in [2.75, 3.05) is 5.73 Å². The Morgan fingerprint density at radius 1 is 1.62 bits per heavy atom. The minimum atomic E-state index is -2.77. The van der Waals surface area contributed by atoms with Crippen molar-refractivity contribution in [3.63, 3.8) is 0 Å². The molecule has 16 heavy (non-hydrogen) atoms. The number of alkyl halides is 3. The summed E-state index contributed by atoms with van der Waals surface area (Å²) in [6.07, 6.45) is -3.32. The lowest BCUT2D eigenvalue weighted by atomic mass is 10.1. The van der Waals surface area contributed by atoms with Gasteiger partial charge in [-0.05, 0) is 6.07 Å². The summed E-state index contributed by atoms with van der Waals surface area (Å²) in [7, 11) is 0. The van der Waals surface area contributed by atoms with Crippen molar-refractivity contribution in [3.05, 3.63) is 22.9 Å². The predicted molar refractivity (Wildman–Crippen MR) is 57.6 cm³/mol. The molecule has 0 saturated heterocycles.